The normalized spacial score (nSPS) is 20.9. The molecule has 0 unspecified atom stereocenters. The number of halogens is 1. The fourth-order valence-corrected chi connectivity index (χ4v) is 7.29. The van der Waals surface area contributed by atoms with Crippen molar-refractivity contribution >= 4 is 27.5 Å². The number of benzene rings is 2. The highest BCUT2D eigenvalue weighted by atomic mass is 35.5. The van der Waals surface area contributed by atoms with Gasteiger partial charge in [-0.05, 0) is 94.2 Å². The van der Waals surface area contributed by atoms with Gasteiger partial charge in [0.2, 0.25) is 15.9 Å². The number of piperidine rings is 1. The number of hydrogen-bond donors (Lipinski definition) is 2. The van der Waals surface area contributed by atoms with Crippen LogP contribution in [0.3, 0.4) is 0 Å². The average Bonchev–Trinajstić information content (AvgIpc) is 2.84. The average molecular weight is 546 g/mol. The summed E-state index contributed by atoms with van der Waals surface area (Å²) in [5, 5.41) is 7.20. The van der Waals surface area contributed by atoms with Gasteiger partial charge in [-0.2, -0.15) is 4.31 Å². The fraction of sp³-hybridized carbons (Fsp3) is 0.552. The minimum absolute atomic E-state index is 0.0366. The van der Waals surface area contributed by atoms with Crippen molar-refractivity contribution in [1.29, 1.82) is 0 Å². The minimum Gasteiger partial charge on any atom is -0.349 e. The topological polar surface area (TPSA) is 78.5 Å². The molecule has 2 aliphatic rings. The number of aryl methyl sites for hydroxylation is 2. The van der Waals surface area contributed by atoms with E-state index in [1.165, 1.54) is 27.1 Å². The maximum Gasteiger partial charge on any atom is 0.243 e. The molecule has 2 atom stereocenters. The molecule has 1 amide bonds. The molecule has 0 spiro atoms. The number of carbonyl (C=O) groups is 1. The molecule has 1 heterocycles. The van der Waals surface area contributed by atoms with E-state index in [1.54, 1.807) is 12.1 Å². The van der Waals surface area contributed by atoms with E-state index in [9.17, 15) is 13.2 Å². The molecule has 1 aliphatic carbocycles. The van der Waals surface area contributed by atoms with Crippen LogP contribution in [-0.4, -0.2) is 36.8 Å². The Bertz CT molecular complexity index is 1240. The van der Waals surface area contributed by atoms with Crippen molar-refractivity contribution in [3.05, 3.63) is 63.7 Å². The zero-order chi connectivity index (χ0) is 26.8. The number of sulfonamides is 1. The zero-order valence-corrected chi connectivity index (χ0v) is 24.0. The third-order valence-electron chi connectivity index (χ3n) is 7.42. The molecular weight excluding hydrogens is 506 g/mol. The summed E-state index contributed by atoms with van der Waals surface area (Å²) in [5.41, 5.74) is 4.61. The quantitative estimate of drug-likeness (QED) is 0.470. The summed E-state index contributed by atoms with van der Waals surface area (Å²) in [7, 11) is -3.74. The molecule has 37 heavy (non-hydrogen) atoms. The van der Waals surface area contributed by atoms with Crippen LogP contribution in [0.1, 0.15) is 87.6 Å². The van der Waals surface area contributed by atoms with Gasteiger partial charge >= 0.3 is 0 Å². The lowest BCUT2D eigenvalue weighted by atomic mass is 9.86. The monoisotopic (exact) mass is 545 g/mol. The number of hydrogen-bond acceptors (Lipinski definition) is 4. The first-order valence-corrected chi connectivity index (χ1v) is 15.2. The van der Waals surface area contributed by atoms with E-state index < -0.39 is 10.0 Å². The highest BCUT2D eigenvalue weighted by Crippen LogP contribution is 2.32. The standard InChI is InChI=1S/C29H40ClN3O3S/c1-20-11-13-24(18-26(20)30)37(35,36)33-15-6-5-9-23(33)17-28(34)32-27-10-7-8-22-16-21(12-14-25(22)27)19-31-29(2,3)4/h11-14,16,18,23,27,31H,5-10,15,17,19H2,1-4H3,(H,32,34)/t23-,27+/m0/s1. The maximum absolute atomic E-state index is 13.5. The van der Waals surface area contributed by atoms with E-state index in [0.29, 0.717) is 18.0 Å². The highest BCUT2D eigenvalue weighted by Gasteiger charge is 2.35. The number of nitrogens with one attached hydrogen (secondary N) is 2. The number of nitrogens with zero attached hydrogens (tertiary/aromatic N) is 1. The molecule has 0 saturated carbocycles. The van der Waals surface area contributed by atoms with Crippen LogP contribution in [0.4, 0.5) is 0 Å². The third-order valence-corrected chi connectivity index (χ3v) is 9.78. The first-order chi connectivity index (χ1) is 17.4. The Morgan fingerprint density at radius 1 is 1.08 bits per heavy atom. The summed E-state index contributed by atoms with van der Waals surface area (Å²) in [6, 6.07) is 11.0. The van der Waals surface area contributed by atoms with Crippen molar-refractivity contribution in [1.82, 2.24) is 14.9 Å². The lowest BCUT2D eigenvalue weighted by Gasteiger charge is -2.35. The van der Waals surface area contributed by atoms with Gasteiger partial charge in [0.1, 0.15) is 0 Å². The summed E-state index contributed by atoms with van der Waals surface area (Å²) in [6.45, 7) is 9.55. The molecular formula is C29H40ClN3O3S. The van der Waals surface area contributed by atoms with Gasteiger partial charge in [-0.3, -0.25) is 4.79 Å². The lowest BCUT2D eigenvalue weighted by molar-refractivity contribution is -0.123. The van der Waals surface area contributed by atoms with Gasteiger partial charge in [-0.1, -0.05) is 42.3 Å². The Balaban J connectivity index is 1.44. The van der Waals surface area contributed by atoms with Gasteiger partial charge < -0.3 is 10.6 Å². The number of amides is 1. The summed E-state index contributed by atoms with van der Waals surface area (Å²) in [5.74, 6) is -0.0923. The van der Waals surface area contributed by atoms with Crippen molar-refractivity contribution in [3.8, 4) is 0 Å². The maximum atomic E-state index is 13.5. The van der Waals surface area contributed by atoms with Crippen LogP contribution in [0.15, 0.2) is 41.3 Å². The molecule has 6 nitrogen and oxygen atoms in total. The molecule has 0 bridgehead atoms. The van der Waals surface area contributed by atoms with E-state index >= 15 is 0 Å². The Morgan fingerprint density at radius 2 is 1.86 bits per heavy atom. The first kappa shape index (κ1) is 28.1. The molecule has 1 fully saturated rings. The summed E-state index contributed by atoms with van der Waals surface area (Å²) >= 11 is 6.23. The second-order valence-corrected chi connectivity index (χ2v) is 13.8. The Hall–Kier alpha value is -1.93. The zero-order valence-electron chi connectivity index (χ0n) is 22.4. The van der Waals surface area contributed by atoms with Crippen LogP contribution < -0.4 is 10.6 Å². The first-order valence-electron chi connectivity index (χ1n) is 13.4. The van der Waals surface area contributed by atoms with Gasteiger partial charge in [0.25, 0.3) is 0 Å². The molecule has 8 heteroatoms. The van der Waals surface area contributed by atoms with Gasteiger partial charge in [-0.25, -0.2) is 8.42 Å². The molecule has 0 aromatic heterocycles. The largest absolute Gasteiger partial charge is 0.349 e. The smallest absolute Gasteiger partial charge is 0.243 e. The Kier molecular flexibility index (Phi) is 8.68. The van der Waals surface area contributed by atoms with Gasteiger partial charge in [0.15, 0.2) is 0 Å². The molecule has 0 radical (unpaired) electrons. The predicted octanol–water partition coefficient (Wildman–Crippen LogP) is 5.66. The molecule has 4 rings (SSSR count). The summed E-state index contributed by atoms with van der Waals surface area (Å²) < 4.78 is 28.5. The summed E-state index contributed by atoms with van der Waals surface area (Å²) in [4.78, 5) is 13.4. The third kappa shape index (κ3) is 6.94. The summed E-state index contributed by atoms with van der Waals surface area (Å²) in [6.07, 6.45) is 5.48. The number of rotatable bonds is 7. The van der Waals surface area contributed by atoms with Crippen molar-refractivity contribution in [2.24, 2.45) is 0 Å². The van der Waals surface area contributed by atoms with E-state index in [1.807, 2.05) is 6.92 Å². The van der Waals surface area contributed by atoms with Crippen molar-refractivity contribution in [3.63, 3.8) is 0 Å². The van der Waals surface area contributed by atoms with E-state index in [4.69, 9.17) is 11.6 Å². The van der Waals surface area contributed by atoms with Crippen LogP contribution in [0.5, 0.6) is 0 Å². The van der Waals surface area contributed by atoms with Crippen LogP contribution in [0, 0.1) is 6.92 Å². The van der Waals surface area contributed by atoms with Gasteiger partial charge in [-0.15, -0.1) is 0 Å². The second-order valence-electron chi connectivity index (χ2n) is 11.5. The number of carbonyl (C=O) groups excluding carboxylic acids is 1. The molecule has 202 valence electrons. The molecule has 1 saturated heterocycles. The Labute approximate surface area is 227 Å². The Morgan fingerprint density at radius 3 is 2.59 bits per heavy atom. The van der Waals surface area contributed by atoms with E-state index in [-0.39, 0.29) is 34.8 Å². The second kappa shape index (κ2) is 11.4. The highest BCUT2D eigenvalue weighted by molar-refractivity contribution is 7.89. The van der Waals surface area contributed by atoms with Crippen LogP contribution >= 0.6 is 11.6 Å². The van der Waals surface area contributed by atoms with Crippen LogP contribution in [0.2, 0.25) is 5.02 Å². The lowest BCUT2D eigenvalue weighted by Crippen LogP contribution is -2.46. The predicted molar refractivity (Wildman–Crippen MR) is 149 cm³/mol. The van der Waals surface area contributed by atoms with Crippen LogP contribution in [0.25, 0.3) is 0 Å². The van der Waals surface area contributed by atoms with Crippen molar-refractivity contribution in [2.75, 3.05) is 6.54 Å². The van der Waals surface area contributed by atoms with Crippen molar-refractivity contribution in [2.45, 2.75) is 102 Å². The van der Waals surface area contributed by atoms with E-state index in [0.717, 1.165) is 44.2 Å². The van der Waals surface area contributed by atoms with Crippen molar-refractivity contribution < 1.29 is 13.2 Å². The molecule has 2 aromatic carbocycles. The van der Waals surface area contributed by atoms with Gasteiger partial charge in [0.05, 0.1) is 10.9 Å². The molecule has 2 aromatic rings. The van der Waals surface area contributed by atoms with E-state index in [2.05, 4.69) is 49.6 Å². The molecule has 2 N–H and O–H groups in total. The fourth-order valence-electron chi connectivity index (χ4n) is 5.33. The number of fused-ring (bicyclic) bond motifs is 1. The molecule has 1 aliphatic heterocycles. The van der Waals surface area contributed by atoms with Crippen LogP contribution in [-0.2, 0) is 27.8 Å². The minimum atomic E-state index is -3.74. The SMILES string of the molecule is Cc1ccc(S(=O)(=O)N2CCCC[C@H]2CC(=O)N[C@@H]2CCCc3cc(CNC(C)(C)C)ccc32)cc1Cl. The van der Waals surface area contributed by atoms with Gasteiger partial charge in [0, 0.05) is 36.1 Å².